The van der Waals surface area contributed by atoms with E-state index in [2.05, 4.69) is 4.98 Å². The molecule has 146 valence electrons. The summed E-state index contributed by atoms with van der Waals surface area (Å²) in [5, 5.41) is 21.1. The molecule has 3 aromatic rings. The first-order valence-electron chi connectivity index (χ1n) is 9.17. The minimum atomic E-state index is -0.679. The van der Waals surface area contributed by atoms with E-state index in [1.54, 1.807) is 20.4 Å². The van der Waals surface area contributed by atoms with Crippen LogP contribution in [0.25, 0.3) is 0 Å². The van der Waals surface area contributed by atoms with Crippen molar-refractivity contribution in [3.05, 3.63) is 89.2 Å². The Morgan fingerprint density at radius 3 is 1.93 bits per heavy atom. The van der Waals surface area contributed by atoms with Crippen molar-refractivity contribution < 1.29 is 19.7 Å². The molecule has 0 unspecified atom stereocenters. The van der Waals surface area contributed by atoms with E-state index in [1.807, 2.05) is 60.7 Å². The third-order valence-electron chi connectivity index (χ3n) is 4.67. The average molecular weight is 379 g/mol. The number of benzene rings is 2. The Morgan fingerprint density at radius 1 is 0.786 bits per heavy atom. The number of rotatable bonds is 8. The lowest BCUT2D eigenvalue weighted by Crippen LogP contribution is -2.06. The summed E-state index contributed by atoms with van der Waals surface area (Å²) in [4.78, 5) is 4.36. The Kier molecular flexibility index (Phi) is 6.63. The molecule has 0 aliphatic rings. The number of hydrogen-bond acceptors (Lipinski definition) is 5. The topological polar surface area (TPSA) is 71.8 Å². The summed E-state index contributed by atoms with van der Waals surface area (Å²) in [5.41, 5.74) is 3.31. The van der Waals surface area contributed by atoms with Gasteiger partial charge in [0.1, 0.15) is 11.5 Å². The van der Waals surface area contributed by atoms with E-state index in [9.17, 15) is 10.2 Å². The van der Waals surface area contributed by atoms with E-state index < -0.39 is 12.2 Å². The number of pyridine rings is 1. The SMILES string of the molecule is COc1cccc([C@@H](O)Cc2ccnc(C[C@H](O)c3cccc(OC)c3)c2)c1. The van der Waals surface area contributed by atoms with Crippen LogP contribution in [0, 0.1) is 0 Å². The first kappa shape index (κ1) is 19.9. The van der Waals surface area contributed by atoms with Crippen LogP contribution in [0.15, 0.2) is 66.9 Å². The van der Waals surface area contributed by atoms with Crippen molar-refractivity contribution in [2.24, 2.45) is 0 Å². The molecule has 0 amide bonds. The molecule has 0 aliphatic heterocycles. The van der Waals surface area contributed by atoms with Gasteiger partial charge >= 0.3 is 0 Å². The van der Waals surface area contributed by atoms with E-state index in [0.29, 0.717) is 24.3 Å². The fraction of sp³-hybridized carbons (Fsp3) is 0.261. The minimum Gasteiger partial charge on any atom is -0.497 e. The van der Waals surface area contributed by atoms with Crippen molar-refractivity contribution in [3.63, 3.8) is 0 Å². The van der Waals surface area contributed by atoms with Crippen molar-refractivity contribution in [1.82, 2.24) is 4.98 Å². The van der Waals surface area contributed by atoms with Crippen LogP contribution in [0.4, 0.5) is 0 Å². The van der Waals surface area contributed by atoms with E-state index >= 15 is 0 Å². The molecule has 0 saturated heterocycles. The highest BCUT2D eigenvalue weighted by molar-refractivity contribution is 5.32. The van der Waals surface area contributed by atoms with Crippen LogP contribution >= 0.6 is 0 Å². The fourth-order valence-electron chi connectivity index (χ4n) is 3.12. The Morgan fingerprint density at radius 2 is 1.36 bits per heavy atom. The molecule has 0 bridgehead atoms. The van der Waals surface area contributed by atoms with Gasteiger partial charge in [-0.05, 0) is 53.1 Å². The summed E-state index contributed by atoms with van der Waals surface area (Å²) in [6.07, 6.45) is 1.23. The highest BCUT2D eigenvalue weighted by Gasteiger charge is 2.13. The quantitative estimate of drug-likeness (QED) is 0.625. The molecule has 5 nitrogen and oxygen atoms in total. The van der Waals surface area contributed by atoms with Crippen LogP contribution in [0.3, 0.4) is 0 Å². The maximum Gasteiger partial charge on any atom is 0.119 e. The number of methoxy groups -OCH3 is 2. The summed E-state index contributed by atoms with van der Waals surface area (Å²) >= 11 is 0. The molecule has 5 heteroatoms. The van der Waals surface area contributed by atoms with Crippen molar-refractivity contribution in [1.29, 1.82) is 0 Å². The second kappa shape index (κ2) is 9.35. The molecule has 0 spiro atoms. The van der Waals surface area contributed by atoms with E-state index in [4.69, 9.17) is 9.47 Å². The number of hydrogen-bond donors (Lipinski definition) is 2. The van der Waals surface area contributed by atoms with Crippen LogP contribution in [-0.4, -0.2) is 29.4 Å². The molecule has 2 aromatic carbocycles. The zero-order valence-electron chi connectivity index (χ0n) is 16.1. The molecular formula is C23H25NO4. The first-order valence-corrected chi connectivity index (χ1v) is 9.17. The molecule has 0 fully saturated rings. The number of aromatic nitrogens is 1. The van der Waals surface area contributed by atoms with Gasteiger partial charge in [-0.25, -0.2) is 0 Å². The van der Waals surface area contributed by atoms with Gasteiger partial charge in [-0.15, -0.1) is 0 Å². The second-order valence-electron chi connectivity index (χ2n) is 6.65. The third kappa shape index (κ3) is 5.09. The molecule has 2 N–H and O–H groups in total. The summed E-state index contributed by atoms with van der Waals surface area (Å²) in [6.45, 7) is 0. The molecule has 0 radical (unpaired) electrons. The van der Waals surface area contributed by atoms with Crippen LogP contribution < -0.4 is 9.47 Å². The Bertz CT molecular complexity index is 842. The molecule has 1 heterocycles. The van der Waals surface area contributed by atoms with E-state index in [1.165, 1.54) is 0 Å². The highest BCUT2D eigenvalue weighted by Crippen LogP contribution is 2.24. The van der Waals surface area contributed by atoms with Gasteiger partial charge in [0.25, 0.3) is 0 Å². The minimum absolute atomic E-state index is 0.385. The van der Waals surface area contributed by atoms with Crippen molar-refractivity contribution in [2.75, 3.05) is 14.2 Å². The van der Waals surface area contributed by atoms with Crippen LogP contribution in [0.1, 0.15) is 34.6 Å². The van der Waals surface area contributed by atoms with Crippen molar-refractivity contribution >= 4 is 0 Å². The lowest BCUT2D eigenvalue weighted by molar-refractivity contribution is 0.175. The third-order valence-corrected chi connectivity index (χ3v) is 4.67. The van der Waals surface area contributed by atoms with Crippen molar-refractivity contribution in [3.8, 4) is 11.5 Å². The Hall–Kier alpha value is -2.89. The number of aliphatic hydroxyl groups excluding tert-OH is 2. The number of nitrogens with zero attached hydrogens (tertiary/aromatic N) is 1. The standard InChI is InChI=1S/C23H25NO4/c1-27-20-7-3-5-17(13-20)22(25)12-16-9-10-24-19(11-16)15-23(26)18-6-4-8-21(14-18)28-2/h3-11,13-14,22-23,25-26H,12,15H2,1-2H3/t22-,23-/m0/s1. The second-order valence-corrected chi connectivity index (χ2v) is 6.65. The van der Waals surface area contributed by atoms with Gasteiger partial charge in [-0.1, -0.05) is 24.3 Å². The maximum atomic E-state index is 10.6. The summed E-state index contributed by atoms with van der Waals surface area (Å²) < 4.78 is 10.4. The predicted molar refractivity (Wildman–Crippen MR) is 108 cm³/mol. The first-order chi connectivity index (χ1) is 13.6. The molecule has 1 aromatic heterocycles. The number of aliphatic hydroxyl groups is 2. The predicted octanol–water partition coefficient (Wildman–Crippen LogP) is 3.65. The Balaban J connectivity index is 1.69. The van der Waals surface area contributed by atoms with Gasteiger partial charge in [-0.3, -0.25) is 4.98 Å². The van der Waals surface area contributed by atoms with Gasteiger partial charge in [0.15, 0.2) is 0 Å². The summed E-state index contributed by atoms with van der Waals surface area (Å²) in [6, 6.07) is 18.6. The van der Waals surface area contributed by atoms with Gasteiger partial charge in [0.05, 0.1) is 26.4 Å². The molecule has 2 atom stereocenters. The lowest BCUT2D eigenvalue weighted by atomic mass is 9.99. The van der Waals surface area contributed by atoms with Crippen LogP contribution in [-0.2, 0) is 12.8 Å². The van der Waals surface area contributed by atoms with Crippen LogP contribution in [0.2, 0.25) is 0 Å². The van der Waals surface area contributed by atoms with Gasteiger partial charge in [-0.2, -0.15) is 0 Å². The molecule has 28 heavy (non-hydrogen) atoms. The average Bonchev–Trinajstić information content (AvgIpc) is 2.74. The molecule has 0 aliphatic carbocycles. The zero-order chi connectivity index (χ0) is 19.9. The van der Waals surface area contributed by atoms with E-state index in [-0.39, 0.29) is 0 Å². The number of ether oxygens (including phenoxy) is 2. The lowest BCUT2D eigenvalue weighted by Gasteiger charge is -2.14. The molecule has 3 rings (SSSR count). The smallest absolute Gasteiger partial charge is 0.119 e. The van der Waals surface area contributed by atoms with Crippen molar-refractivity contribution in [2.45, 2.75) is 25.0 Å². The Labute approximate surface area is 165 Å². The monoisotopic (exact) mass is 379 g/mol. The van der Waals surface area contributed by atoms with Gasteiger partial charge < -0.3 is 19.7 Å². The zero-order valence-corrected chi connectivity index (χ0v) is 16.1. The van der Waals surface area contributed by atoms with E-state index in [0.717, 1.165) is 22.4 Å². The summed E-state index contributed by atoms with van der Waals surface area (Å²) in [5.74, 6) is 1.42. The van der Waals surface area contributed by atoms with Crippen LogP contribution in [0.5, 0.6) is 11.5 Å². The largest absolute Gasteiger partial charge is 0.497 e. The highest BCUT2D eigenvalue weighted by atomic mass is 16.5. The van der Waals surface area contributed by atoms with Gasteiger partial charge in [0, 0.05) is 24.7 Å². The molecular weight excluding hydrogens is 354 g/mol. The molecule has 0 saturated carbocycles. The normalized spacial score (nSPS) is 13.0. The fourth-order valence-corrected chi connectivity index (χ4v) is 3.12. The van der Waals surface area contributed by atoms with Gasteiger partial charge in [0.2, 0.25) is 0 Å². The summed E-state index contributed by atoms with van der Waals surface area (Å²) in [7, 11) is 3.21. The maximum absolute atomic E-state index is 10.6.